The third-order valence-corrected chi connectivity index (χ3v) is 4.06. The highest BCUT2D eigenvalue weighted by molar-refractivity contribution is 7.12. The van der Waals surface area contributed by atoms with E-state index in [0.29, 0.717) is 0 Å². The van der Waals surface area contributed by atoms with E-state index in [1.54, 1.807) is 11.3 Å². The van der Waals surface area contributed by atoms with Crippen LogP contribution in [0.3, 0.4) is 0 Å². The Morgan fingerprint density at radius 2 is 2.12 bits per heavy atom. The molecule has 0 amide bonds. The summed E-state index contributed by atoms with van der Waals surface area (Å²) in [6.07, 6.45) is 1.07. The van der Waals surface area contributed by atoms with Crippen LogP contribution in [0.1, 0.15) is 39.8 Å². The molecule has 0 aliphatic heterocycles. The number of aryl methyl sites for hydroxylation is 3. The van der Waals surface area contributed by atoms with Crippen LogP contribution < -0.4 is 5.73 Å². The summed E-state index contributed by atoms with van der Waals surface area (Å²) in [5, 5.41) is 0. The Balaban J connectivity index is 2.31. The van der Waals surface area contributed by atoms with Crippen LogP contribution in [0.4, 0.5) is 0 Å². The maximum atomic E-state index is 6.25. The molecule has 1 unspecified atom stereocenters. The van der Waals surface area contributed by atoms with Gasteiger partial charge in [0, 0.05) is 15.3 Å². The minimum atomic E-state index is -0.0530. The fourth-order valence-corrected chi connectivity index (χ4v) is 2.84. The van der Waals surface area contributed by atoms with E-state index in [1.165, 1.54) is 9.75 Å². The van der Waals surface area contributed by atoms with Crippen LogP contribution in [0.5, 0.6) is 0 Å². The molecule has 0 saturated carbocycles. The van der Waals surface area contributed by atoms with Gasteiger partial charge in [-0.2, -0.15) is 0 Å². The van der Waals surface area contributed by atoms with Crippen molar-refractivity contribution in [1.29, 1.82) is 0 Å². The largest absolute Gasteiger partial charge is 0.466 e. The molecule has 2 aromatic heterocycles. The van der Waals surface area contributed by atoms with Crippen molar-refractivity contribution in [3.05, 3.63) is 45.0 Å². The first kappa shape index (κ1) is 11.4. The highest BCUT2D eigenvalue weighted by Gasteiger charge is 2.16. The summed E-state index contributed by atoms with van der Waals surface area (Å²) in [4.78, 5) is 2.59. The first-order valence-corrected chi connectivity index (χ1v) is 6.34. The van der Waals surface area contributed by atoms with Gasteiger partial charge >= 0.3 is 0 Å². The Morgan fingerprint density at radius 3 is 2.62 bits per heavy atom. The second-order valence-corrected chi connectivity index (χ2v) is 5.20. The van der Waals surface area contributed by atoms with Gasteiger partial charge in [-0.1, -0.05) is 6.92 Å². The zero-order chi connectivity index (χ0) is 11.7. The van der Waals surface area contributed by atoms with Crippen molar-refractivity contribution in [2.45, 2.75) is 33.2 Å². The molecular weight excluding hydrogens is 218 g/mol. The highest BCUT2D eigenvalue weighted by Crippen LogP contribution is 2.30. The minimum Gasteiger partial charge on any atom is -0.466 e. The molecule has 0 aliphatic rings. The number of rotatable bonds is 3. The molecule has 0 spiro atoms. The number of nitrogens with two attached hydrogens (primary N) is 1. The highest BCUT2D eigenvalue weighted by atomic mass is 32.1. The molecule has 2 heterocycles. The molecule has 2 N–H and O–H groups in total. The van der Waals surface area contributed by atoms with E-state index in [4.69, 9.17) is 10.2 Å². The molecule has 0 bridgehead atoms. The smallest absolute Gasteiger partial charge is 0.106 e. The van der Waals surface area contributed by atoms with Crippen LogP contribution in [-0.4, -0.2) is 0 Å². The normalized spacial score (nSPS) is 13.0. The molecule has 2 aromatic rings. The summed E-state index contributed by atoms with van der Waals surface area (Å²) in [7, 11) is 0. The van der Waals surface area contributed by atoms with Gasteiger partial charge in [-0.3, -0.25) is 0 Å². The minimum absolute atomic E-state index is 0.0530. The quantitative estimate of drug-likeness (QED) is 0.883. The molecule has 2 rings (SSSR count). The van der Waals surface area contributed by atoms with E-state index >= 15 is 0 Å². The van der Waals surface area contributed by atoms with Gasteiger partial charge in [-0.05, 0) is 38.5 Å². The van der Waals surface area contributed by atoms with Crippen molar-refractivity contribution in [3.63, 3.8) is 0 Å². The van der Waals surface area contributed by atoms with E-state index < -0.39 is 0 Å². The van der Waals surface area contributed by atoms with Crippen molar-refractivity contribution in [3.8, 4) is 0 Å². The summed E-state index contributed by atoms with van der Waals surface area (Å²) >= 11 is 1.79. The molecule has 3 heteroatoms. The first-order chi connectivity index (χ1) is 7.61. The monoisotopic (exact) mass is 235 g/mol. The molecule has 0 aliphatic carbocycles. The van der Waals surface area contributed by atoms with Crippen LogP contribution in [0.25, 0.3) is 0 Å². The number of hydrogen-bond acceptors (Lipinski definition) is 3. The fraction of sp³-hybridized carbons (Fsp3) is 0.385. The van der Waals surface area contributed by atoms with Gasteiger partial charge in [0.1, 0.15) is 11.5 Å². The average Bonchev–Trinajstić information content (AvgIpc) is 2.84. The third-order valence-electron chi connectivity index (χ3n) is 2.75. The molecule has 0 saturated heterocycles. The van der Waals surface area contributed by atoms with Crippen LogP contribution in [0.15, 0.2) is 22.6 Å². The SMILES string of the molecule is CCc1ccc(C(N)c2cc(C)oc2C)s1. The molecule has 16 heavy (non-hydrogen) atoms. The predicted molar refractivity (Wildman–Crippen MR) is 67.9 cm³/mol. The van der Waals surface area contributed by atoms with E-state index in [-0.39, 0.29) is 6.04 Å². The topological polar surface area (TPSA) is 39.2 Å². The number of thiophene rings is 1. The molecule has 1 atom stereocenters. The van der Waals surface area contributed by atoms with Gasteiger partial charge in [0.15, 0.2) is 0 Å². The van der Waals surface area contributed by atoms with Crippen LogP contribution >= 0.6 is 11.3 Å². The number of hydrogen-bond donors (Lipinski definition) is 1. The molecule has 2 nitrogen and oxygen atoms in total. The van der Waals surface area contributed by atoms with Gasteiger partial charge in [-0.25, -0.2) is 0 Å². The van der Waals surface area contributed by atoms with Gasteiger partial charge < -0.3 is 10.2 Å². The lowest BCUT2D eigenvalue weighted by Crippen LogP contribution is -2.10. The Hall–Kier alpha value is -1.06. The standard InChI is InChI=1S/C13H17NOS/c1-4-10-5-6-12(16-10)13(14)11-7-8(2)15-9(11)3/h5-7,13H,4,14H2,1-3H3. The zero-order valence-electron chi connectivity index (χ0n) is 9.91. The van der Waals surface area contributed by atoms with Gasteiger partial charge in [0.05, 0.1) is 6.04 Å². The lowest BCUT2D eigenvalue weighted by molar-refractivity contribution is 0.500. The van der Waals surface area contributed by atoms with E-state index in [2.05, 4.69) is 19.1 Å². The van der Waals surface area contributed by atoms with Crippen LogP contribution in [-0.2, 0) is 6.42 Å². The molecule has 0 aromatic carbocycles. The Bertz CT molecular complexity index is 484. The summed E-state index contributed by atoms with van der Waals surface area (Å²) in [5.41, 5.74) is 7.35. The second-order valence-electron chi connectivity index (χ2n) is 4.00. The van der Waals surface area contributed by atoms with Crippen LogP contribution in [0, 0.1) is 13.8 Å². The first-order valence-electron chi connectivity index (χ1n) is 5.53. The van der Waals surface area contributed by atoms with Crippen molar-refractivity contribution in [2.75, 3.05) is 0 Å². The zero-order valence-corrected chi connectivity index (χ0v) is 10.7. The Labute approximate surface area is 100 Å². The maximum absolute atomic E-state index is 6.25. The molecule has 0 fully saturated rings. The molecular formula is C13H17NOS. The molecule has 86 valence electrons. The number of furan rings is 1. The summed E-state index contributed by atoms with van der Waals surface area (Å²) in [6, 6.07) is 6.26. The Morgan fingerprint density at radius 1 is 1.38 bits per heavy atom. The van der Waals surface area contributed by atoms with Gasteiger partial charge in [0.2, 0.25) is 0 Å². The summed E-state index contributed by atoms with van der Waals surface area (Å²) < 4.78 is 5.51. The second kappa shape index (κ2) is 4.44. The summed E-state index contributed by atoms with van der Waals surface area (Å²) in [5.74, 6) is 1.85. The fourth-order valence-electron chi connectivity index (χ4n) is 1.86. The lowest BCUT2D eigenvalue weighted by atomic mass is 10.1. The van der Waals surface area contributed by atoms with Crippen molar-refractivity contribution in [1.82, 2.24) is 0 Å². The Kier molecular flexibility index (Phi) is 3.17. The predicted octanol–water partition coefficient (Wildman–Crippen LogP) is 3.57. The average molecular weight is 235 g/mol. The maximum Gasteiger partial charge on any atom is 0.106 e. The van der Waals surface area contributed by atoms with Crippen molar-refractivity contribution < 1.29 is 4.42 Å². The van der Waals surface area contributed by atoms with E-state index in [9.17, 15) is 0 Å². The lowest BCUT2D eigenvalue weighted by Gasteiger charge is -2.07. The molecule has 0 radical (unpaired) electrons. The van der Waals surface area contributed by atoms with Gasteiger partial charge in [-0.15, -0.1) is 11.3 Å². The van der Waals surface area contributed by atoms with Crippen molar-refractivity contribution >= 4 is 11.3 Å². The van der Waals surface area contributed by atoms with Crippen molar-refractivity contribution in [2.24, 2.45) is 5.73 Å². The van der Waals surface area contributed by atoms with Gasteiger partial charge in [0.25, 0.3) is 0 Å². The van der Waals surface area contributed by atoms with E-state index in [1.807, 2.05) is 19.9 Å². The summed E-state index contributed by atoms with van der Waals surface area (Å²) in [6.45, 7) is 6.08. The van der Waals surface area contributed by atoms with Crippen LogP contribution in [0.2, 0.25) is 0 Å². The third kappa shape index (κ3) is 2.06. The van der Waals surface area contributed by atoms with E-state index in [0.717, 1.165) is 23.5 Å².